The van der Waals surface area contributed by atoms with Crippen molar-refractivity contribution in [3.05, 3.63) is 51.7 Å². The number of fused-ring (bicyclic) bond motifs is 1. The highest BCUT2D eigenvalue weighted by Crippen LogP contribution is 2.29. The zero-order valence-corrected chi connectivity index (χ0v) is 15.6. The van der Waals surface area contributed by atoms with E-state index >= 15 is 0 Å². The predicted octanol–water partition coefficient (Wildman–Crippen LogP) is 2.45. The highest BCUT2D eigenvalue weighted by Gasteiger charge is 2.21. The Kier molecular flexibility index (Phi) is 4.23. The van der Waals surface area contributed by atoms with E-state index in [1.165, 1.54) is 6.42 Å². The molecule has 4 heterocycles. The van der Waals surface area contributed by atoms with Crippen LogP contribution < -0.4 is 16.6 Å². The minimum atomic E-state index is -0.292. The van der Waals surface area contributed by atoms with Gasteiger partial charge in [0.05, 0.1) is 12.4 Å². The van der Waals surface area contributed by atoms with Crippen LogP contribution in [-0.4, -0.2) is 34.7 Å². The van der Waals surface area contributed by atoms with E-state index in [1.54, 1.807) is 35.4 Å². The molecule has 0 amide bonds. The topological polar surface area (TPSA) is 137 Å². The molecule has 1 saturated carbocycles. The van der Waals surface area contributed by atoms with Crippen LogP contribution >= 0.6 is 0 Å². The maximum absolute atomic E-state index is 12.5. The van der Waals surface area contributed by atoms with Gasteiger partial charge in [-0.05, 0) is 18.9 Å². The molecule has 1 aliphatic rings. The van der Waals surface area contributed by atoms with E-state index in [4.69, 9.17) is 0 Å². The molecule has 0 aromatic carbocycles. The number of nitrogens with zero attached hydrogens (tertiary/aromatic N) is 4. The van der Waals surface area contributed by atoms with Crippen molar-refractivity contribution in [3.63, 3.8) is 0 Å². The summed E-state index contributed by atoms with van der Waals surface area (Å²) in [5.41, 5.74) is 2.64. The summed E-state index contributed by atoms with van der Waals surface area (Å²) in [6.07, 6.45) is 11.9. The molecule has 29 heavy (non-hydrogen) atoms. The molecular formula is C19H20N8O2. The fraction of sp³-hybridized carbons (Fsp3) is 0.316. The summed E-state index contributed by atoms with van der Waals surface area (Å²) in [4.78, 5) is 39.1. The minimum Gasteiger partial charge on any atom is -0.327 e. The Bertz CT molecular complexity index is 1260. The molecule has 0 atom stereocenters. The highest BCUT2D eigenvalue weighted by molar-refractivity contribution is 5.73. The van der Waals surface area contributed by atoms with Crippen LogP contribution in [0.25, 0.3) is 22.3 Å². The van der Waals surface area contributed by atoms with Gasteiger partial charge in [-0.1, -0.05) is 19.3 Å². The van der Waals surface area contributed by atoms with Crippen LogP contribution in [0.15, 0.2) is 40.4 Å². The van der Waals surface area contributed by atoms with Gasteiger partial charge in [0.15, 0.2) is 5.65 Å². The van der Waals surface area contributed by atoms with Crippen LogP contribution in [0.1, 0.15) is 38.1 Å². The Labute approximate surface area is 164 Å². The Hall–Kier alpha value is -3.69. The second-order valence-corrected chi connectivity index (χ2v) is 7.27. The number of anilines is 2. The number of nitrogens with one attached hydrogen (secondary N) is 4. The molecule has 148 valence electrons. The molecule has 0 bridgehead atoms. The van der Waals surface area contributed by atoms with Crippen LogP contribution in [0.3, 0.4) is 0 Å². The van der Waals surface area contributed by atoms with E-state index in [0.717, 1.165) is 36.8 Å². The summed E-state index contributed by atoms with van der Waals surface area (Å²) in [7, 11) is 0. The fourth-order valence-corrected chi connectivity index (χ4v) is 3.93. The number of pyridine rings is 1. The average molecular weight is 392 g/mol. The highest BCUT2D eigenvalue weighted by atomic mass is 16.1. The zero-order valence-electron chi connectivity index (χ0n) is 15.6. The quantitative estimate of drug-likeness (QED) is 0.421. The average Bonchev–Trinajstić information content (AvgIpc) is 3.37. The molecule has 1 fully saturated rings. The number of rotatable bonds is 4. The Morgan fingerprint density at radius 1 is 1.07 bits per heavy atom. The first-order chi connectivity index (χ1) is 14.2. The van der Waals surface area contributed by atoms with Crippen LogP contribution in [-0.2, 0) is 0 Å². The van der Waals surface area contributed by atoms with Crippen molar-refractivity contribution in [1.82, 2.24) is 34.7 Å². The molecule has 4 N–H and O–H groups in total. The van der Waals surface area contributed by atoms with Crippen LogP contribution in [0, 0.1) is 0 Å². The summed E-state index contributed by atoms with van der Waals surface area (Å²) in [5, 5.41) is 9.66. The van der Waals surface area contributed by atoms with Crippen molar-refractivity contribution >= 4 is 22.8 Å². The molecule has 0 saturated heterocycles. The lowest BCUT2D eigenvalue weighted by molar-refractivity contribution is 0.352. The van der Waals surface area contributed by atoms with E-state index in [0.29, 0.717) is 16.9 Å². The van der Waals surface area contributed by atoms with Gasteiger partial charge in [0.25, 0.3) is 5.56 Å². The summed E-state index contributed by atoms with van der Waals surface area (Å²) >= 11 is 0. The fourth-order valence-electron chi connectivity index (χ4n) is 3.93. The lowest BCUT2D eigenvalue weighted by Gasteiger charge is -2.22. The van der Waals surface area contributed by atoms with Crippen LogP contribution in [0.5, 0.6) is 0 Å². The van der Waals surface area contributed by atoms with Gasteiger partial charge in [-0.15, -0.1) is 0 Å². The maximum atomic E-state index is 12.5. The van der Waals surface area contributed by atoms with Gasteiger partial charge >= 0.3 is 5.69 Å². The standard InChI is InChI=1S/C19H20N8O2/c28-17-14(6-11(7-20-17)12-8-22-23-9-12)24-18-21-10-15-16(26-18)27(19(29)25-15)13-4-2-1-3-5-13/h6-10,13H,1-5H2,(H,20,28)(H,22,23)(H,25,29)(H,21,24,26). The lowest BCUT2D eigenvalue weighted by atomic mass is 9.95. The molecule has 0 aliphatic heterocycles. The molecule has 0 spiro atoms. The van der Waals surface area contributed by atoms with Crippen molar-refractivity contribution in [2.75, 3.05) is 5.32 Å². The van der Waals surface area contributed by atoms with Gasteiger partial charge in [-0.3, -0.25) is 14.5 Å². The molecule has 0 unspecified atom stereocenters. The monoisotopic (exact) mass is 392 g/mol. The second kappa shape index (κ2) is 7.04. The normalized spacial score (nSPS) is 15.0. The largest absolute Gasteiger partial charge is 0.327 e. The Balaban J connectivity index is 1.52. The smallest absolute Gasteiger partial charge is 0.327 e. The predicted molar refractivity (Wildman–Crippen MR) is 108 cm³/mol. The maximum Gasteiger partial charge on any atom is 0.327 e. The Morgan fingerprint density at radius 2 is 1.93 bits per heavy atom. The SMILES string of the molecule is O=c1[nH]cc(-c2cn[nH]c2)cc1Nc1ncc2[nH]c(=O)n(C3CCCCC3)c2n1. The first-order valence-electron chi connectivity index (χ1n) is 9.65. The third kappa shape index (κ3) is 3.22. The summed E-state index contributed by atoms with van der Waals surface area (Å²) in [5.74, 6) is 0.260. The van der Waals surface area contributed by atoms with Crippen molar-refractivity contribution in [3.8, 4) is 11.1 Å². The van der Waals surface area contributed by atoms with Gasteiger partial charge in [0.1, 0.15) is 11.2 Å². The van der Waals surface area contributed by atoms with Crippen molar-refractivity contribution < 1.29 is 0 Å². The lowest BCUT2D eigenvalue weighted by Crippen LogP contribution is -2.24. The van der Waals surface area contributed by atoms with E-state index in [2.05, 4.69) is 35.5 Å². The van der Waals surface area contributed by atoms with Gasteiger partial charge in [0.2, 0.25) is 5.95 Å². The molecular weight excluding hydrogens is 372 g/mol. The summed E-state index contributed by atoms with van der Waals surface area (Å²) in [6, 6.07) is 1.85. The number of H-pyrrole nitrogens is 3. The van der Waals surface area contributed by atoms with Gasteiger partial charge < -0.3 is 15.3 Å². The van der Waals surface area contributed by atoms with E-state index in [1.807, 2.05) is 0 Å². The third-order valence-electron chi connectivity index (χ3n) is 5.38. The molecule has 5 rings (SSSR count). The zero-order chi connectivity index (χ0) is 19.8. The number of imidazole rings is 1. The molecule has 1 aliphatic carbocycles. The van der Waals surface area contributed by atoms with E-state index in [9.17, 15) is 9.59 Å². The number of aromatic nitrogens is 7. The van der Waals surface area contributed by atoms with Gasteiger partial charge in [0, 0.05) is 29.6 Å². The third-order valence-corrected chi connectivity index (χ3v) is 5.38. The molecule has 0 radical (unpaired) electrons. The van der Waals surface area contributed by atoms with Gasteiger partial charge in [-0.25, -0.2) is 9.78 Å². The summed E-state index contributed by atoms with van der Waals surface area (Å²) < 4.78 is 1.73. The minimum absolute atomic E-state index is 0.139. The first kappa shape index (κ1) is 17.4. The second-order valence-electron chi connectivity index (χ2n) is 7.27. The number of aromatic amines is 3. The first-order valence-corrected chi connectivity index (χ1v) is 9.65. The molecule has 4 aromatic rings. The van der Waals surface area contributed by atoms with E-state index in [-0.39, 0.29) is 23.2 Å². The Morgan fingerprint density at radius 3 is 2.72 bits per heavy atom. The van der Waals surface area contributed by atoms with Crippen LogP contribution in [0.4, 0.5) is 11.6 Å². The molecule has 4 aromatic heterocycles. The van der Waals surface area contributed by atoms with Crippen molar-refractivity contribution in [1.29, 1.82) is 0 Å². The molecule has 10 heteroatoms. The van der Waals surface area contributed by atoms with Crippen LogP contribution in [0.2, 0.25) is 0 Å². The van der Waals surface area contributed by atoms with E-state index < -0.39 is 0 Å². The molecule has 10 nitrogen and oxygen atoms in total. The van der Waals surface area contributed by atoms with Crippen molar-refractivity contribution in [2.24, 2.45) is 0 Å². The number of hydrogen-bond donors (Lipinski definition) is 4. The number of hydrogen-bond acceptors (Lipinski definition) is 6. The van der Waals surface area contributed by atoms with Crippen molar-refractivity contribution in [2.45, 2.75) is 38.1 Å². The summed E-state index contributed by atoms with van der Waals surface area (Å²) in [6.45, 7) is 0. The van der Waals surface area contributed by atoms with Gasteiger partial charge in [-0.2, -0.15) is 10.1 Å².